The number of aryl methyl sites for hydroxylation is 3. The molecule has 0 N–H and O–H groups in total. The molecule has 1 heterocycles. The highest BCUT2D eigenvalue weighted by atomic mass is 16.5. The second kappa shape index (κ2) is 8.74. The Bertz CT molecular complexity index is 1030. The van der Waals surface area contributed by atoms with Gasteiger partial charge in [0.1, 0.15) is 17.9 Å². The molecule has 146 valence electrons. The molecule has 0 spiro atoms. The zero-order valence-corrected chi connectivity index (χ0v) is 16.4. The lowest BCUT2D eigenvalue weighted by atomic mass is 10.0. The molecule has 0 aliphatic heterocycles. The highest BCUT2D eigenvalue weighted by Gasteiger charge is 2.13. The van der Waals surface area contributed by atoms with Crippen molar-refractivity contribution in [2.45, 2.75) is 40.2 Å². The number of hydrogen-bond acceptors (Lipinski definition) is 5. The largest absolute Gasteiger partial charge is 0.488 e. The van der Waals surface area contributed by atoms with Crippen LogP contribution in [0.2, 0.25) is 0 Å². The lowest BCUT2D eigenvalue weighted by Gasteiger charge is -2.14. The predicted octanol–water partition coefficient (Wildman–Crippen LogP) is 4.48. The van der Waals surface area contributed by atoms with Crippen molar-refractivity contribution in [2.24, 2.45) is 0 Å². The monoisotopic (exact) mass is 380 g/mol. The van der Waals surface area contributed by atoms with Crippen molar-refractivity contribution in [3.05, 3.63) is 75.1 Å². The van der Waals surface area contributed by atoms with Gasteiger partial charge < -0.3 is 13.9 Å². The molecule has 0 unspecified atom stereocenters. The average Bonchev–Trinajstić information content (AvgIpc) is 2.66. The maximum absolute atomic E-state index is 11.8. The van der Waals surface area contributed by atoms with Crippen LogP contribution in [-0.2, 0) is 22.6 Å². The molecule has 2 aromatic carbocycles. The van der Waals surface area contributed by atoms with Crippen molar-refractivity contribution >= 4 is 16.9 Å². The van der Waals surface area contributed by atoms with E-state index >= 15 is 0 Å². The summed E-state index contributed by atoms with van der Waals surface area (Å²) < 4.78 is 16.4. The molecule has 1 aromatic heterocycles. The predicted molar refractivity (Wildman–Crippen MR) is 108 cm³/mol. The number of ether oxygens (including phenoxy) is 2. The Morgan fingerprint density at radius 1 is 1.07 bits per heavy atom. The third-order valence-corrected chi connectivity index (χ3v) is 4.55. The number of benzene rings is 2. The second-order valence-corrected chi connectivity index (χ2v) is 6.78. The first-order chi connectivity index (χ1) is 13.5. The third-order valence-electron chi connectivity index (χ3n) is 4.55. The normalized spacial score (nSPS) is 10.8. The summed E-state index contributed by atoms with van der Waals surface area (Å²) in [5.74, 6) is 0.356. The van der Waals surface area contributed by atoms with Gasteiger partial charge in [0.05, 0.1) is 6.61 Å². The number of carbonyl (C=O) groups is 1. The van der Waals surface area contributed by atoms with Gasteiger partial charge in [-0.2, -0.15) is 0 Å². The first kappa shape index (κ1) is 19.7. The fourth-order valence-electron chi connectivity index (χ4n) is 3.04. The van der Waals surface area contributed by atoms with Gasteiger partial charge in [-0.25, -0.2) is 4.79 Å². The van der Waals surface area contributed by atoms with E-state index in [1.165, 1.54) is 11.6 Å². The van der Waals surface area contributed by atoms with E-state index in [0.717, 1.165) is 22.1 Å². The van der Waals surface area contributed by atoms with Crippen LogP contribution in [0.5, 0.6) is 5.75 Å². The van der Waals surface area contributed by atoms with Crippen LogP contribution in [0.25, 0.3) is 11.0 Å². The first-order valence-electron chi connectivity index (χ1n) is 9.37. The summed E-state index contributed by atoms with van der Waals surface area (Å²) in [5.41, 5.74) is 4.01. The Hall–Kier alpha value is -3.08. The SMILES string of the molecule is CCOC(=O)CCc1cc2c(C)cc(=O)oc2cc1OCc1ccc(C)cc1. The van der Waals surface area contributed by atoms with Gasteiger partial charge in [0.15, 0.2) is 0 Å². The topological polar surface area (TPSA) is 65.7 Å². The molecule has 5 nitrogen and oxygen atoms in total. The summed E-state index contributed by atoms with van der Waals surface area (Å²) >= 11 is 0. The molecular weight excluding hydrogens is 356 g/mol. The Labute approximate surface area is 163 Å². The molecule has 0 aliphatic carbocycles. The van der Waals surface area contributed by atoms with Gasteiger partial charge in [-0.3, -0.25) is 4.79 Å². The number of hydrogen-bond donors (Lipinski definition) is 0. The third kappa shape index (κ3) is 4.80. The zero-order valence-electron chi connectivity index (χ0n) is 16.4. The highest BCUT2D eigenvalue weighted by Crippen LogP contribution is 2.29. The maximum Gasteiger partial charge on any atom is 0.336 e. The fourth-order valence-corrected chi connectivity index (χ4v) is 3.04. The van der Waals surface area contributed by atoms with E-state index in [-0.39, 0.29) is 12.4 Å². The van der Waals surface area contributed by atoms with E-state index in [2.05, 4.69) is 0 Å². The maximum atomic E-state index is 11.8. The van der Waals surface area contributed by atoms with Gasteiger partial charge in [0.2, 0.25) is 0 Å². The lowest BCUT2D eigenvalue weighted by Crippen LogP contribution is -2.07. The molecule has 0 radical (unpaired) electrons. The summed E-state index contributed by atoms with van der Waals surface area (Å²) in [5, 5.41) is 0.834. The molecular formula is C23H24O5. The Kier molecular flexibility index (Phi) is 6.14. The minimum Gasteiger partial charge on any atom is -0.488 e. The number of fused-ring (bicyclic) bond motifs is 1. The molecule has 0 amide bonds. The van der Waals surface area contributed by atoms with Crippen molar-refractivity contribution in [3.8, 4) is 5.75 Å². The van der Waals surface area contributed by atoms with Crippen molar-refractivity contribution in [3.63, 3.8) is 0 Å². The van der Waals surface area contributed by atoms with Crippen LogP contribution in [0.3, 0.4) is 0 Å². The van der Waals surface area contributed by atoms with Crippen molar-refractivity contribution < 1.29 is 18.7 Å². The Morgan fingerprint density at radius 2 is 1.82 bits per heavy atom. The van der Waals surface area contributed by atoms with E-state index in [0.29, 0.717) is 31.0 Å². The molecule has 0 bridgehead atoms. The van der Waals surface area contributed by atoms with Crippen molar-refractivity contribution in [1.29, 1.82) is 0 Å². The van der Waals surface area contributed by atoms with Crippen LogP contribution in [0, 0.1) is 13.8 Å². The van der Waals surface area contributed by atoms with E-state index < -0.39 is 5.63 Å². The van der Waals surface area contributed by atoms with Crippen LogP contribution in [-0.4, -0.2) is 12.6 Å². The summed E-state index contributed by atoms with van der Waals surface area (Å²) in [6.45, 7) is 6.42. The van der Waals surface area contributed by atoms with E-state index in [4.69, 9.17) is 13.9 Å². The minimum absolute atomic E-state index is 0.247. The number of carbonyl (C=O) groups excluding carboxylic acids is 1. The van der Waals surface area contributed by atoms with Gasteiger partial charge in [0, 0.05) is 23.9 Å². The highest BCUT2D eigenvalue weighted by molar-refractivity contribution is 5.83. The molecule has 3 aromatic rings. The fraction of sp³-hybridized carbons (Fsp3) is 0.304. The van der Waals surface area contributed by atoms with Gasteiger partial charge in [-0.05, 0) is 49.9 Å². The number of esters is 1. The van der Waals surface area contributed by atoms with Crippen LogP contribution < -0.4 is 10.4 Å². The standard InChI is InChI=1S/C23H24O5/c1-4-26-22(24)10-9-18-12-19-16(3)11-23(25)28-21(19)13-20(18)27-14-17-7-5-15(2)6-8-17/h5-8,11-13H,4,9-10,14H2,1-3H3. The Balaban J connectivity index is 1.91. The van der Waals surface area contributed by atoms with Gasteiger partial charge >= 0.3 is 11.6 Å². The van der Waals surface area contributed by atoms with E-state index in [9.17, 15) is 9.59 Å². The van der Waals surface area contributed by atoms with Gasteiger partial charge in [-0.15, -0.1) is 0 Å². The second-order valence-electron chi connectivity index (χ2n) is 6.78. The van der Waals surface area contributed by atoms with Crippen molar-refractivity contribution in [2.75, 3.05) is 6.61 Å². The van der Waals surface area contributed by atoms with Crippen LogP contribution in [0.4, 0.5) is 0 Å². The lowest BCUT2D eigenvalue weighted by molar-refractivity contribution is -0.143. The zero-order chi connectivity index (χ0) is 20.1. The number of rotatable bonds is 7. The Morgan fingerprint density at radius 3 is 2.54 bits per heavy atom. The molecule has 0 fully saturated rings. The summed E-state index contributed by atoms with van der Waals surface area (Å²) in [6, 6.07) is 13.2. The molecule has 3 rings (SSSR count). The summed E-state index contributed by atoms with van der Waals surface area (Å²) in [4.78, 5) is 23.5. The van der Waals surface area contributed by atoms with Gasteiger partial charge in [-0.1, -0.05) is 29.8 Å². The van der Waals surface area contributed by atoms with Crippen LogP contribution in [0.15, 0.2) is 51.7 Å². The van der Waals surface area contributed by atoms with Crippen LogP contribution in [0.1, 0.15) is 35.6 Å². The summed E-state index contributed by atoms with van der Waals surface area (Å²) in [6.07, 6.45) is 0.743. The molecule has 0 saturated carbocycles. The molecule has 0 atom stereocenters. The van der Waals surface area contributed by atoms with E-state index in [1.807, 2.05) is 44.2 Å². The molecule has 5 heteroatoms. The molecule has 28 heavy (non-hydrogen) atoms. The first-order valence-corrected chi connectivity index (χ1v) is 9.37. The quantitative estimate of drug-likeness (QED) is 0.446. The van der Waals surface area contributed by atoms with E-state index in [1.54, 1.807) is 13.0 Å². The van der Waals surface area contributed by atoms with Gasteiger partial charge in [0.25, 0.3) is 0 Å². The summed E-state index contributed by atoms with van der Waals surface area (Å²) in [7, 11) is 0. The smallest absolute Gasteiger partial charge is 0.336 e. The minimum atomic E-state index is -0.395. The van der Waals surface area contributed by atoms with Crippen molar-refractivity contribution in [1.82, 2.24) is 0 Å². The van der Waals surface area contributed by atoms with Crippen LogP contribution >= 0.6 is 0 Å². The average molecular weight is 380 g/mol. The molecule has 0 saturated heterocycles. The molecule has 0 aliphatic rings.